The fourth-order valence-corrected chi connectivity index (χ4v) is 5.59. The predicted molar refractivity (Wildman–Crippen MR) is 123 cm³/mol. The van der Waals surface area contributed by atoms with Crippen LogP contribution in [0.5, 0.6) is 0 Å². The number of thiophene rings is 1. The summed E-state index contributed by atoms with van der Waals surface area (Å²) in [6, 6.07) is 4.13. The molecule has 0 radical (unpaired) electrons. The molecule has 0 aliphatic rings. The third-order valence-electron chi connectivity index (χ3n) is 4.54. The van der Waals surface area contributed by atoms with E-state index in [-0.39, 0.29) is 32.8 Å². The van der Waals surface area contributed by atoms with Crippen molar-refractivity contribution >= 4 is 66.3 Å². The standard InChI is InChI=1S/C19H20ClN3O4S3/c1-5-23-18(25)16-10(2)11(3)29-17(16)22-19(23)28-9-15(24)21-14-8-12(30(4,26)27)6-7-13(14)20/h6-8H,5,9H2,1-4H3,(H,21,24). The first kappa shape index (κ1) is 22.8. The number of amides is 1. The number of hydrogen-bond acceptors (Lipinski definition) is 7. The summed E-state index contributed by atoms with van der Waals surface area (Å²) in [5.74, 6) is -0.399. The van der Waals surface area contributed by atoms with Crippen LogP contribution in [0.15, 0.2) is 33.0 Å². The van der Waals surface area contributed by atoms with E-state index in [1.165, 1.54) is 29.5 Å². The Labute approximate surface area is 187 Å². The smallest absolute Gasteiger partial charge is 0.263 e. The summed E-state index contributed by atoms with van der Waals surface area (Å²) in [6.07, 6.45) is 1.08. The molecule has 0 atom stereocenters. The number of aromatic nitrogens is 2. The van der Waals surface area contributed by atoms with Crippen molar-refractivity contribution in [1.82, 2.24) is 9.55 Å². The van der Waals surface area contributed by atoms with Crippen LogP contribution in [0.4, 0.5) is 5.69 Å². The summed E-state index contributed by atoms with van der Waals surface area (Å²) in [5, 5.41) is 3.94. The Bertz CT molecular complexity index is 1310. The number of hydrogen-bond donors (Lipinski definition) is 1. The summed E-state index contributed by atoms with van der Waals surface area (Å²) in [5.41, 5.74) is 1.03. The van der Waals surface area contributed by atoms with Crippen LogP contribution in [-0.2, 0) is 21.2 Å². The summed E-state index contributed by atoms with van der Waals surface area (Å²) in [7, 11) is -3.43. The Balaban J connectivity index is 1.83. The van der Waals surface area contributed by atoms with E-state index in [2.05, 4.69) is 10.3 Å². The zero-order chi connectivity index (χ0) is 22.2. The van der Waals surface area contributed by atoms with Gasteiger partial charge in [0.25, 0.3) is 5.56 Å². The van der Waals surface area contributed by atoms with Gasteiger partial charge in [0, 0.05) is 17.7 Å². The molecule has 3 aromatic rings. The van der Waals surface area contributed by atoms with Gasteiger partial charge in [0.1, 0.15) is 4.83 Å². The number of halogens is 1. The first-order valence-electron chi connectivity index (χ1n) is 8.95. The van der Waals surface area contributed by atoms with Gasteiger partial charge in [-0.15, -0.1) is 11.3 Å². The molecule has 7 nitrogen and oxygen atoms in total. The topological polar surface area (TPSA) is 98.1 Å². The molecule has 0 bridgehead atoms. The zero-order valence-corrected chi connectivity index (χ0v) is 20.0. The van der Waals surface area contributed by atoms with Crippen LogP contribution in [-0.4, -0.2) is 35.9 Å². The van der Waals surface area contributed by atoms with E-state index in [4.69, 9.17) is 11.6 Å². The maximum atomic E-state index is 12.9. The van der Waals surface area contributed by atoms with Crippen molar-refractivity contribution in [2.45, 2.75) is 37.4 Å². The number of nitrogens with zero attached hydrogens (tertiary/aromatic N) is 2. The lowest BCUT2D eigenvalue weighted by molar-refractivity contribution is -0.113. The summed E-state index contributed by atoms with van der Waals surface area (Å²) in [6.45, 7) is 6.14. The molecule has 0 fully saturated rings. The Hall–Kier alpha value is -1.88. The van der Waals surface area contributed by atoms with Gasteiger partial charge < -0.3 is 5.32 Å². The highest BCUT2D eigenvalue weighted by molar-refractivity contribution is 7.99. The van der Waals surface area contributed by atoms with Crippen molar-refractivity contribution in [2.24, 2.45) is 0 Å². The third kappa shape index (κ3) is 4.56. The first-order valence-corrected chi connectivity index (χ1v) is 13.0. The highest BCUT2D eigenvalue weighted by Crippen LogP contribution is 2.29. The Morgan fingerprint density at radius 3 is 2.67 bits per heavy atom. The van der Waals surface area contributed by atoms with Gasteiger partial charge in [-0.3, -0.25) is 14.2 Å². The number of nitrogens with one attached hydrogen (secondary N) is 1. The SMILES string of the molecule is CCn1c(SCC(=O)Nc2cc(S(C)(=O)=O)ccc2Cl)nc2sc(C)c(C)c2c1=O. The lowest BCUT2D eigenvalue weighted by Crippen LogP contribution is -2.23. The van der Waals surface area contributed by atoms with Crippen LogP contribution in [0.1, 0.15) is 17.4 Å². The second-order valence-electron chi connectivity index (χ2n) is 6.66. The van der Waals surface area contributed by atoms with Crippen LogP contribution < -0.4 is 10.9 Å². The molecular formula is C19H20ClN3O4S3. The Morgan fingerprint density at radius 1 is 1.33 bits per heavy atom. The number of carbonyl (C=O) groups is 1. The largest absolute Gasteiger partial charge is 0.324 e. The monoisotopic (exact) mass is 485 g/mol. The van der Waals surface area contributed by atoms with E-state index in [0.717, 1.165) is 28.5 Å². The van der Waals surface area contributed by atoms with Gasteiger partial charge in [0.15, 0.2) is 15.0 Å². The molecule has 0 unspecified atom stereocenters. The molecule has 0 aliphatic heterocycles. The van der Waals surface area contributed by atoms with Crippen molar-refractivity contribution in [1.29, 1.82) is 0 Å². The number of fused-ring (bicyclic) bond motifs is 1. The van der Waals surface area contributed by atoms with E-state index >= 15 is 0 Å². The van der Waals surface area contributed by atoms with Gasteiger partial charge in [0.2, 0.25) is 5.91 Å². The van der Waals surface area contributed by atoms with Gasteiger partial charge >= 0.3 is 0 Å². The summed E-state index contributed by atoms with van der Waals surface area (Å²) in [4.78, 5) is 31.7. The fourth-order valence-electron chi connectivity index (χ4n) is 2.84. The van der Waals surface area contributed by atoms with Crippen molar-refractivity contribution in [3.8, 4) is 0 Å². The molecule has 2 heterocycles. The number of rotatable bonds is 6. The van der Waals surface area contributed by atoms with Gasteiger partial charge in [-0.2, -0.15) is 0 Å². The van der Waals surface area contributed by atoms with Crippen LogP contribution in [0.3, 0.4) is 0 Å². The minimum atomic E-state index is -3.43. The van der Waals surface area contributed by atoms with Gasteiger partial charge in [-0.25, -0.2) is 13.4 Å². The molecule has 160 valence electrons. The molecule has 2 aromatic heterocycles. The van der Waals surface area contributed by atoms with Crippen molar-refractivity contribution in [2.75, 3.05) is 17.3 Å². The second-order valence-corrected chi connectivity index (χ2v) is 11.2. The summed E-state index contributed by atoms with van der Waals surface area (Å²) >= 11 is 8.69. The molecule has 1 N–H and O–H groups in total. The average Bonchev–Trinajstić information content (AvgIpc) is 2.95. The molecule has 0 saturated carbocycles. The average molecular weight is 486 g/mol. The van der Waals surface area contributed by atoms with Crippen molar-refractivity contribution in [3.63, 3.8) is 0 Å². The van der Waals surface area contributed by atoms with Crippen LogP contribution in [0, 0.1) is 13.8 Å². The highest BCUT2D eigenvalue weighted by Gasteiger charge is 2.18. The molecule has 3 rings (SSSR count). The van der Waals surface area contributed by atoms with Gasteiger partial charge in [-0.05, 0) is 44.5 Å². The summed E-state index contributed by atoms with van der Waals surface area (Å²) < 4.78 is 25.0. The lowest BCUT2D eigenvalue weighted by Gasteiger charge is -2.11. The normalized spacial score (nSPS) is 11.8. The molecule has 1 aromatic carbocycles. The molecule has 1 amide bonds. The van der Waals surface area contributed by atoms with E-state index in [1.807, 2.05) is 20.8 Å². The minimum absolute atomic E-state index is 0.0132. The van der Waals surface area contributed by atoms with Crippen LogP contribution >= 0.6 is 34.7 Å². The van der Waals surface area contributed by atoms with E-state index in [1.54, 1.807) is 4.57 Å². The van der Waals surface area contributed by atoms with E-state index < -0.39 is 9.84 Å². The molecule has 0 aliphatic carbocycles. The van der Waals surface area contributed by atoms with E-state index in [0.29, 0.717) is 21.9 Å². The molecular weight excluding hydrogens is 466 g/mol. The van der Waals surface area contributed by atoms with Gasteiger partial charge in [-0.1, -0.05) is 23.4 Å². The van der Waals surface area contributed by atoms with E-state index in [9.17, 15) is 18.0 Å². The molecule has 11 heteroatoms. The molecule has 30 heavy (non-hydrogen) atoms. The predicted octanol–water partition coefficient (Wildman–Crippen LogP) is 3.88. The van der Waals surface area contributed by atoms with Crippen molar-refractivity contribution < 1.29 is 13.2 Å². The fraction of sp³-hybridized carbons (Fsp3) is 0.316. The highest BCUT2D eigenvalue weighted by atomic mass is 35.5. The van der Waals surface area contributed by atoms with Crippen LogP contribution in [0.2, 0.25) is 5.02 Å². The maximum Gasteiger partial charge on any atom is 0.263 e. The zero-order valence-electron chi connectivity index (χ0n) is 16.8. The third-order valence-corrected chi connectivity index (χ3v) is 8.06. The number of carbonyl (C=O) groups excluding carboxylic acids is 1. The Morgan fingerprint density at radius 2 is 2.03 bits per heavy atom. The maximum absolute atomic E-state index is 12.9. The first-order chi connectivity index (χ1) is 14.0. The lowest BCUT2D eigenvalue weighted by atomic mass is 10.2. The van der Waals surface area contributed by atoms with Crippen LogP contribution in [0.25, 0.3) is 10.2 Å². The van der Waals surface area contributed by atoms with Crippen molar-refractivity contribution in [3.05, 3.63) is 44.0 Å². The number of benzene rings is 1. The number of sulfone groups is 1. The number of anilines is 1. The minimum Gasteiger partial charge on any atom is -0.324 e. The van der Waals surface area contributed by atoms with Gasteiger partial charge in [0.05, 0.1) is 26.7 Å². The quantitative estimate of drug-likeness (QED) is 0.420. The second kappa shape index (κ2) is 8.70. The number of aryl methyl sites for hydroxylation is 2. The molecule has 0 spiro atoms. The Kier molecular flexibility index (Phi) is 6.61. The number of thioether (sulfide) groups is 1. The molecule has 0 saturated heterocycles.